The minimum Gasteiger partial charge on any atom is -0.356 e. The van der Waals surface area contributed by atoms with Crippen LogP contribution in [0.3, 0.4) is 0 Å². The van der Waals surface area contributed by atoms with E-state index in [1.165, 1.54) is 44.1 Å². The number of carbonyl (C=O) groups is 1. The Morgan fingerprint density at radius 1 is 1.26 bits per heavy atom. The fraction of sp³-hybridized carbons (Fsp3) is 0.652. The highest BCUT2D eigenvalue weighted by atomic mass is 32.2. The third-order valence-corrected chi connectivity index (χ3v) is 9.00. The lowest BCUT2D eigenvalue weighted by atomic mass is 9.86. The van der Waals surface area contributed by atoms with Gasteiger partial charge in [0.2, 0.25) is 15.9 Å². The zero-order valence-corrected chi connectivity index (χ0v) is 19.6. The van der Waals surface area contributed by atoms with E-state index in [4.69, 9.17) is 0 Å². The van der Waals surface area contributed by atoms with Crippen LogP contribution in [0.1, 0.15) is 51.3 Å². The fourth-order valence-electron chi connectivity index (χ4n) is 5.52. The van der Waals surface area contributed by atoms with Crippen LogP contribution in [0.15, 0.2) is 23.1 Å². The molecule has 0 saturated heterocycles. The molecule has 0 aliphatic heterocycles. The SMILES string of the molecule is CCn1c(CCC(=O)NCCC2CC3CCC2C3)nc2cc(S(=O)(=O)N(C)C)ccc21. The molecule has 2 bridgehead atoms. The van der Waals surface area contributed by atoms with E-state index >= 15 is 0 Å². The lowest BCUT2D eigenvalue weighted by Gasteiger charge is -2.21. The highest BCUT2D eigenvalue weighted by Gasteiger charge is 2.38. The van der Waals surface area contributed by atoms with Crippen LogP contribution in [0.5, 0.6) is 0 Å². The first kappa shape index (κ1) is 22.3. The molecule has 170 valence electrons. The van der Waals surface area contributed by atoms with Crippen LogP contribution in [0.25, 0.3) is 11.0 Å². The topological polar surface area (TPSA) is 84.3 Å². The zero-order chi connectivity index (χ0) is 22.2. The highest BCUT2D eigenvalue weighted by molar-refractivity contribution is 7.89. The molecular formula is C23H34N4O3S. The summed E-state index contributed by atoms with van der Waals surface area (Å²) in [6, 6.07) is 5.05. The van der Waals surface area contributed by atoms with E-state index in [2.05, 4.69) is 14.9 Å². The molecule has 2 fully saturated rings. The predicted molar refractivity (Wildman–Crippen MR) is 121 cm³/mol. The number of nitrogens with one attached hydrogen (secondary N) is 1. The van der Waals surface area contributed by atoms with E-state index in [-0.39, 0.29) is 10.8 Å². The smallest absolute Gasteiger partial charge is 0.242 e. The molecule has 2 saturated carbocycles. The molecule has 8 heteroatoms. The van der Waals surface area contributed by atoms with Crippen molar-refractivity contribution in [1.82, 2.24) is 19.2 Å². The minimum absolute atomic E-state index is 0.0636. The van der Waals surface area contributed by atoms with Crippen molar-refractivity contribution in [3.63, 3.8) is 0 Å². The van der Waals surface area contributed by atoms with Gasteiger partial charge in [0, 0.05) is 40.0 Å². The summed E-state index contributed by atoms with van der Waals surface area (Å²) in [6.07, 6.45) is 7.59. The van der Waals surface area contributed by atoms with Gasteiger partial charge < -0.3 is 9.88 Å². The van der Waals surface area contributed by atoms with Gasteiger partial charge in [-0.1, -0.05) is 6.42 Å². The van der Waals surface area contributed by atoms with Crippen molar-refractivity contribution < 1.29 is 13.2 Å². The average Bonchev–Trinajstić information content (AvgIpc) is 3.45. The molecule has 1 N–H and O–H groups in total. The van der Waals surface area contributed by atoms with Crippen LogP contribution < -0.4 is 5.32 Å². The van der Waals surface area contributed by atoms with Gasteiger partial charge in [0.05, 0.1) is 15.9 Å². The minimum atomic E-state index is -3.51. The van der Waals surface area contributed by atoms with Gasteiger partial charge in [0.25, 0.3) is 0 Å². The summed E-state index contributed by atoms with van der Waals surface area (Å²) in [4.78, 5) is 17.3. The Hall–Kier alpha value is -1.93. The van der Waals surface area contributed by atoms with Crippen molar-refractivity contribution >= 4 is 27.0 Å². The largest absolute Gasteiger partial charge is 0.356 e. The van der Waals surface area contributed by atoms with E-state index in [9.17, 15) is 13.2 Å². The third kappa shape index (κ3) is 4.51. The molecule has 1 heterocycles. The first-order chi connectivity index (χ1) is 14.8. The van der Waals surface area contributed by atoms with Gasteiger partial charge >= 0.3 is 0 Å². The number of carbonyl (C=O) groups excluding carboxylic acids is 1. The van der Waals surface area contributed by atoms with Crippen LogP contribution in [-0.2, 0) is 27.8 Å². The van der Waals surface area contributed by atoms with Gasteiger partial charge in [-0.2, -0.15) is 0 Å². The van der Waals surface area contributed by atoms with Crippen molar-refractivity contribution in [1.29, 1.82) is 0 Å². The number of aryl methyl sites for hydroxylation is 2. The second kappa shape index (κ2) is 8.90. The average molecular weight is 447 g/mol. The van der Waals surface area contributed by atoms with Gasteiger partial charge in [0.1, 0.15) is 5.82 Å². The summed E-state index contributed by atoms with van der Waals surface area (Å²) in [6.45, 7) is 3.52. The number of hydrogen-bond donors (Lipinski definition) is 1. The number of rotatable bonds is 9. The Kier molecular flexibility index (Phi) is 6.40. The van der Waals surface area contributed by atoms with Crippen molar-refractivity contribution in [2.24, 2.45) is 17.8 Å². The molecule has 3 atom stereocenters. The molecule has 0 radical (unpaired) electrons. The van der Waals surface area contributed by atoms with Gasteiger partial charge in [-0.3, -0.25) is 4.79 Å². The number of imidazole rings is 1. The Balaban J connectivity index is 1.36. The van der Waals surface area contributed by atoms with E-state index in [1.807, 2.05) is 6.92 Å². The monoisotopic (exact) mass is 446 g/mol. The number of sulfonamides is 1. The summed E-state index contributed by atoms with van der Waals surface area (Å²) in [5.74, 6) is 3.53. The van der Waals surface area contributed by atoms with Crippen molar-refractivity contribution in [2.45, 2.75) is 63.3 Å². The van der Waals surface area contributed by atoms with E-state index in [0.29, 0.717) is 18.4 Å². The summed E-state index contributed by atoms with van der Waals surface area (Å²) >= 11 is 0. The number of aromatic nitrogens is 2. The highest BCUT2D eigenvalue weighted by Crippen LogP contribution is 2.49. The third-order valence-electron chi connectivity index (χ3n) is 7.19. The van der Waals surface area contributed by atoms with Crippen LogP contribution in [0, 0.1) is 17.8 Å². The van der Waals surface area contributed by atoms with Crippen LogP contribution in [-0.4, -0.2) is 48.8 Å². The molecule has 1 amide bonds. The van der Waals surface area contributed by atoms with Crippen molar-refractivity contribution in [2.75, 3.05) is 20.6 Å². The molecule has 2 aliphatic carbocycles. The predicted octanol–water partition coefficient (Wildman–Crippen LogP) is 3.18. The van der Waals surface area contributed by atoms with Gasteiger partial charge in [0.15, 0.2) is 0 Å². The number of nitrogens with zero attached hydrogens (tertiary/aromatic N) is 3. The van der Waals surface area contributed by atoms with Crippen LogP contribution in [0.2, 0.25) is 0 Å². The summed E-state index contributed by atoms with van der Waals surface area (Å²) in [7, 11) is -0.467. The molecule has 0 spiro atoms. The first-order valence-corrected chi connectivity index (χ1v) is 12.9. The number of amides is 1. The lowest BCUT2D eigenvalue weighted by molar-refractivity contribution is -0.121. The second-order valence-corrected chi connectivity index (χ2v) is 11.4. The molecule has 1 aromatic carbocycles. The molecule has 2 aliphatic rings. The van der Waals surface area contributed by atoms with Gasteiger partial charge in [-0.05, 0) is 68.6 Å². The summed E-state index contributed by atoms with van der Waals surface area (Å²) < 4.78 is 28.1. The van der Waals surface area contributed by atoms with Crippen LogP contribution in [0.4, 0.5) is 0 Å². The van der Waals surface area contributed by atoms with E-state index in [0.717, 1.165) is 48.6 Å². The summed E-state index contributed by atoms with van der Waals surface area (Å²) in [5, 5.41) is 3.09. The van der Waals surface area contributed by atoms with Gasteiger partial charge in [-0.25, -0.2) is 17.7 Å². The molecule has 3 unspecified atom stereocenters. The molecular weight excluding hydrogens is 412 g/mol. The molecule has 1 aromatic heterocycles. The Labute approximate surface area is 185 Å². The molecule has 4 rings (SSSR count). The summed E-state index contributed by atoms with van der Waals surface area (Å²) in [5.41, 5.74) is 1.54. The van der Waals surface area contributed by atoms with Gasteiger partial charge in [-0.15, -0.1) is 0 Å². The first-order valence-electron chi connectivity index (χ1n) is 11.5. The maximum Gasteiger partial charge on any atom is 0.242 e. The van der Waals surface area contributed by atoms with Crippen LogP contribution >= 0.6 is 0 Å². The number of hydrogen-bond acceptors (Lipinski definition) is 4. The normalized spacial score (nSPS) is 23.2. The van der Waals surface area contributed by atoms with E-state index < -0.39 is 10.0 Å². The zero-order valence-electron chi connectivity index (χ0n) is 18.8. The van der Waals surface area contributed by atoms with Crippen molar-refractivity contribution in [3.05, 3.63) is 24.0 Å². The standard InChI is InChI=1S/C23H34N4O3S/c1-4-27-21-8-7-19(31(29,30)26(2)3)15-20(21)25-22(27)9-10-23(28)24-12-11-18-14-16-5-6-17(18)13-16/h7-8,15-18H,4-6,9-14H2,1-3H3,(H,24,28). The fourth-order valence-corrected chi connectivity index (χ4v) is 6.44. The quantitative estimate of drug-likeness (QED) is 0.641. The maximum absolute atomic E-state index is 12.4. The number of benzene rings is 1. The Morgan fingerprint density at radius 3 is 2.71 bits per heavy atom. The molecule has 31 heavy (non-hydrogen) atoms. The Morgan fingerprint density at radius 2 is 2.06 bits per heavy atom. The second-order valence-electron chi connectivity index (χ2n) is 9.28. The lowest BCUT2D eigenvalue weighted by Crippen LogP contribution is -2.27. The molecule has 2 aromatic rings. The maximum atomic E-state index is 12.4. The molecule has 7 nitrogen and oxygen atoms in total. The van der Waals surface area contributed by atoms with E-state index in [1.54, 1.807) is 18.2 Å². The van der Waals surface area contributed by atoms with Crippen molar-refractivity contribution in [3.8, 4) is 0 Å². The Bertz CT molecular complexity index is 1060. The number of fused-ring (bicyclic) bond motifs is 3.